The van der Waals surface area contributed by atoms with E-state index in [0.717, 1.165) is 11.3 Å². The molecular weight excluding hydrogens is 397 g/mol. The quantitative estimate of drug-likeness (QED) is 0.498. The third kappa shape index (κ3) is 3.30. The number of halogens is 2. The van der Waals surface area contributed by atoms with Crippen LogP contribution in [0.1, 0.15) is 22.9 Å². The number of fused-ring (bicyclic) bond motifs is 1. The lowest BCUT2D eigenvalue weighted by Crippen LogP contribution is -2.22. The van der Waals surface area contributed by atoms with Gasteiger partial charge in [0.05, 0.1) is 29.4 Å². The van der Waals surface area contributed by atoms with E-state index in [1.165, 1.54) is 23.8 Å². The highest BCUT2D eigenvalue weighted by atomic mass is 35.5. The van der Waals surface area contributed by atoms with Gasteiger partial charge in [0.1, 0.15) is 11.9 Å². The summed E-state index contributed by atoms with van der Waals surface area (Å²) in [6, 6.07) is 12.2. The second-order valence-electron chi connectivity index (χ2n) is 6.82. The van der Waals surface area contributed by atoms with Crippen LogP contribution in [0.25, 0.3) is 23.0 Å². The minimum absolute atomic E-state index is 0.107. The minimum atomic E-state index is -0.444. The Morgan fingerprint density at radius 1 is 1.17 bits per heavy atom. The largest absolute Gasteiger partial charge is 0.365 e. The molecule has 2 aromatic carbocycles. The summed E-state index contributed by atoms with van der Waals surface area (Å²) >= 11 is 6.12. The van der Waals surface area contributed by atoms with Crippen molar-refractivity contribution in [1.82, 2.24) is 25.1 Å². The molecule has 7 nitrogen and oxygen atoms in total. The molecule has 29 heavy (non-hydrogen) atoms. The Hall–Kier alpha value is -3.10. The van der Waals surface area contributed by atoms with Gasteiger partial charge >= 0.3 is 0 Å². The number of hydrogen-bond donors (Lipinski definition) is 0. The molecule has 0 spiro atoms. The highest BCUT2D eigenvalue weighted by molar-refractivity contribution is 6.33. The maximum atomic E-state index is 13.5. The van der Waals surface area contributed by atoms with E-state index < -0.39 is 5.82 Å². The monoisotopic (exact) mass is 411 g/mol. The van der Waals surface area contributed by atoms with Crippen LogP contribution < -0.4 is 0 Å². The molecule has 1 atom stereocenters. The van der Waals surface area contributed by atoms with Crippen molar-refractivity contribution in [2.24, 2.45) is 0 Å². The van der Waals surface area contributed by atoms with Gasteiger partial charge in [0.15, 0.2) is 5.69 Å². The number of benzene rings is 2. The zero-order valence-corrected chi connectivity index (χ0v) is 16.1. The second kappa shape index (κ2) is 7.06. The van der Waals surface area contributed by atoms with Crippen LogP contribution >= 0.6 is 11.6 Å². The molecule has 5 rings (SSSR count). The van der Waals surface area contributed by atoms with Gasteiger partial charge in [-0.15, -0.1) is 5.10 Å². The van der Waals surface area contributed by atoms with Crippen LogP contribution in [0.2, 0.25) is 5.02 Å². The number of aryl methyl sites for hydroxylation is 1. The molecule has 0 fully saturated rings. The number of aromatic nitrogens is 5. The first-order valence-corrected chi connectivity index (χ1v) is 9.36. The number of hydrogen-bond acceptors (Lipinski definition) is 6. The zero-order chi connectivity index (χ0) is 20.0. The van der Waals surface area contributed by atoms with Crippen LogP contribution in [0.15, 0.2) is 47.0 Å². The molecule has 9 heteroatoms. The Morgan fingerprint density at radius 3 is 2.83 bits per heavy atom. The van der Waals surface area contributed by atoms with E-state index in [4.69, 9.17) is 20.9 Å². The molecule has 1 aliphatic rings. The van der Waals surface area contributed by atoms with E-state index in [0.29, 0.717) is 29.4 Å². The van der Waals surface area contributed by atoms with Gasteiger partial charge in [-0.25, -0.2) is 9.07 Å². The predicted molar refractivity (Wildman–Crippen MR) is 102 cm³/mol. The SMILES string of the molecule is Cc1ccc([C@H]2Cn3nnc(-c4noc(-c5cc(F)ccc5Cl)n4)c3CO2)cc1. The molecule has 0 amide bonds. The second-order valence-corrected chi connectivity index (χ2v) is 7.23. The van der Waals surface area contributed by atoms with Gasteiger partial charge in [0.25, 0.3) is 5.89 Å². The van der Waals surface area contributed by atoms with Gasteiger partial charge in [-0.2, -0.15) is 4.98 Å². The van der Waals surface area contributed by atoms with Crippen LogP contribution in [0.5, 0.6) is 0 Å². The fourth-order valence-corrected chi connectivity index (χ4v) is 3.46. The predicted octanol–water partition coefficient (Wildman–Crippen LogP) is 4.37. The summed E-state index contributed by atoms with van der Waals surface area (Å²) in [6.45, 7) is 2.89. The van der Waals surface area contributed by atoms with Crippen molar-refractivity contribution >= 4 is 11.6 Å². The Balaban J connectivity index is 1.43. The maximum absolute atomic E-state index is 13.5. The molecule has 0 N–H and O–H groups in total. The summed E-state index contributed by atoms with van der Waals surface area (Å²) in [5.74, 6) is -0.0831. The topological polar surface area (TPSA) is 78.9 Å². The summed E-state index contributed by atoms with van der Waals surface area (Å²) in [5, 5.41) is 12.7. The van der Waals surface area contributed by atoms with Crippen molar-refractivity contribution in [3.05, 3.63) is 70.1 Å². The fraction of sp³-hybridized carbons (Fsp3) is 0.200. The molecule has 0 radical (unpaired) electrons. The average molecular weight is 412 g/mol. The Bertz CT molecular complexity index is 1190. The molecular formula is C20H15ClFN5O2. The van der Waals surface area contributed by atoms with Crippen LogP contribution in [-0.4, -0.2) is 25.1 Å². The zero-order valence-electron chi connectivity index (χ0n) is 15.3. The molecule has 0 saturated carbocycles. The van der Waals surface area contributed by atoms with E-state index in [9.17, 15) is 4.39 Å². The molecule has 0 unspecified atom stereocenters. The summed E-state index contributed by atoms with van der Waals surface area (Å²) in [6.07, 6.45) is -0.107. The lowest BCUT2D eigenvalue weighted by molar-refractivity contribution is -0.00112. The van der Waals surface area contributed by atoms with Crippen LogP contribution in [-0.2, 0) is 17.9 Å². The van der Waals surface area contributed by atoms with Gasteiger partial charge in [-0.1, -0.05) is 51.8 Å². The van der Waals surface area contributed by atoms with Crippen molar-refractivity contribution in [1.29, 1.82) is 0 Å². The van der Waals surface area contributed by atoms with Gasteiger partial charge in [0.2, 0.25) is 5.82 Å². The van der Waals surface area contributed by atoms with E-state index in [1.54, 1.807) is 4.68 Å². The number of rotatable bonds is 3. The fourth-order valence-electron chi connectivity index (χ4n) is 3.26. The first-order valence-electron chi connectivity index (χ1n) is 8.98. The molecule has 0 saturated heterocycles. The van der Waals surface area contributed by atoms with Gasteiger partial charge in [-0.05, 0) is 30.7 Å². The summed E-state index contributed by atoms with van der Waals surface area (Å²) in [7, 11) is 0. The Labute approximate surface area is 170 Å². The lowest BCUT2D eigenvalue weighted by Gasteiger charge is -2.24. The molecule has 146 valence electrons. The van der Waals surface area contributed by atoms with Crippen molar-refractivity contribution in [3.8, 4) is 23.0 Å². The van der Waals surface area contributed by atoms with E-state index >= 15 is 0 Å². The smallest absolute Gasteiger partial charge is 0.259 e. The number of nitrogens with zero attached hydrogens (tertiary/aromatic N) is 5. The standard InChI is InChI=1S/C20H15ClFN5O2/c1-11-2-4-12(5-3-11)17-9-27-16(10-28-17)18(24-26-27)19-23-20(29-25-19)14-8-13(22)6-7-15(14)21/h2-8,17H,9-10H2,1H3/t17-/m1/s1. The third-order valence-electron chi connectivity index (χ3n) is 4.84. The van der Waals surface area contributed by atoms with Crippen molar-refractivity contribution in [3.63, 3.8) is 0 Å². The minimum Gasteiger partial charge on any atom is -0.365 e. The van der Waals surface area contributed by atoms with E-state index in [-0.39, 0.29) is 17.8 Å². The van der Waals surface area contributed by atoms with Crippen LogP contribution in [0.3, 0.4) is 0 Å². The van der Waals surface area contributed by atoms with Crippen molar-refractivity contribution in [2.45, 2.75) is 26.2 Å². The molecule has 3 heterocycles. The highest BCUT2D eigenvalue weighted by Crippen LogP contribution is 2.32. The number of ether oxygens (including phenoxy) is 1. The van der Waals surface area contributed by atoms with Gasteiger partial charge in [-0.3, -0.25) is 0 Å². The van der Waals surface area contributed by atoms with Crippen molar-refractivity contribution < 1.29 is 13.7 Å². The third-order valence-corrected chi connectivity index (χ3v) is 5.17. The average Bonchev–Trinajstić information content (AvgIpc) is 3.36. The molecule has 1 aliphatic heterocycles. The van der Waals surface area contributed by atoms with Crippen LogP contribution in [0.4, 0.5) is 4.39 Å². The highest BCUT2D eigenvalue weighted by Gasteiger charge is 2.28. The molecule has 2 aromatic heterocycles. The first-order chi connectivity index (χ1) is 14.1. The van der Waals surface area contributed by atoms with Gasteiger partial charge < -0.3 is 9.26 Å². The lowest BCUT2D eigenvalue weighted by atomic mass is 10.1. The van der Waals surface area contributed by atoms with E-state index in [1.807, 2.05) is 6.92 Å². The van der Waals surface area contributed by atoms with E-state index in [2.05, 4.69) is 44.7 Å². The van der Waals surface area contributed by atoms with Crippen molar-refractivity contribution in [2.75, 3.05) is 0 Å². The molecule has 0 bridgehead atoms. The van der Waals surface area contributed by atoms with Gasteiger partial charge in [0, 0.05) is 0 Å². The molecule has 4 aromatic rings. The van der Waals surface area contributed by atoms with Crippen LogP contribution in [0, 0.1) is 12.7 Å². The normalized spacial score (nSPS) is 16.0. The summed E-state index contributed by atoms with van der Waals surface area (Å²) < 4.78 is 26.6. The summed E-state index contributed by atoms with van der Waals surface area (Å²) in [4.78, 5) is 4.32. The summed E-state index contributed by atoms with van der Waals surface area (Å²) in [5.41, 5.74) is 3.82. The Kier molecular flexibility index (Phi) is 4.37. The Morgan fingerprint density at radius 2 is 2.00 bits per heavy atom. The first kappa shape index (κ1) is 18.0. The molecule has 0 aliphatic carbocycles. The maximum Gasteiger partial charge on any atom is 0.259 e.